The van der Waals surface area contributed by atoms with E-state index in [9.17, 15) is 0 Å². The molecule has 0 spiro atoms. The minimum absolute atomic E-state index is 0.862. The Morgan fingerprint density at radius 2 is 1.68 bits per heavy atom. The molecule has 2 aromatic rings. The van der Waals surface area contributed by atoms with Crippen LogP contribution < -0.4 is 0 Å². The fraction of sp³-hybridized carbons (Fsp3) is 0.368. The van der Waals surface area contributed by atoms with Gasteiger partial charge in [0.2, 0.25) is 0 Å². The summed E-state index contributed by atoms with van der Waals surface area (Å²) in [4.78, 5) is 0. The average Bonchev–Trinajstić information content (AvgIpc) is 2.46. The first-order valence-electron chi connectivity index (χ1n) is 7.55. The normalized spacial score (nSPS) is 20.4. The van der Waals surface area contributed by atoms with Gasteiger partial charge in [-0.2, -0.15) is 0 Å². The summed E-state index contributed by atoms with van der Waals surface area (Å²) in [6.07, 6.45) is 6.40. The Balaban J connectivity index is 1.91. The van der Waals surface area contributed by atoms with E-state index in [0.29, 0.717) is 0 Å². The Morgan fingerprint density at radius 1 is 0.789 bits per heavy atom. The second-order valence-corrected chi connectivity index (χ2v) is 6.23. The number of aryl methyl sites for hydroxylation is 1. The van der Waals surface area contributed by atoms with E-state index in [1.165, 1.54) is 48.8 Å². The van der Waals surface area contributed by atoms with Gasteiger partial charge in [0.1, 0.15) is 0 Å². The van der Waals surface area contributed by atoms with Gasteiger partial charge in [0.15, 0.2) is 0 Å². The molecule has 0 nitrogen and oxygen atoms in total. The van der Waals surface area contributed by atoms with Gasteiger partial charge in [-0.25, -0.2) is 0 Å². The summed E-state index contributed by atoms with van der Waals surface area (Å²) in [6.45, 7) is 2.39. The van der Waals surface area contributed by atoms with Crippen LogP contribution >= 0.6 is 0 Å². The van der Waals surface area contributed by atoms with E-state index in [4.69, 9.17) is 0 Å². The van der Waals surface area contributed by atoms with E-state index in [-0.39, 0.29) is 0 Å². The van der Waals surface area contributed by atoms with Gasteiger partial charge in [0.05, 0.1) is 0 Å². The van der Waals surface area contributed by atoms with Crippen molar-refractivity contribution in [2.45, 2.75) is 39.0 Å². The third-order valence-corrected chi connectivity index (χ3v) is 4.94. The Morgan fingerprint density at radius 3 is 2.63 bits per heavy atom. The van der Waals surface area contributed by atoms with Gasteiger partial charge in [-0.3, -0.25) is 0 Å². The first-order valence-corrected chi connectivity index (χ1v) is 7.55. The quantitative estimate of drug-likeness (QED) is 0.640. The van der Waals surface area contributed by atoms with Crippen LogP contribution in [-0.4, -0.2) is 0 Å². The molecule has 0 bridgehead atoms. The molecular formula is C19H20. The van der Waals surface area contributed by atoms with E-state index < -0.39 is 0 Å². The van der Waals surface area contributed by atoms with Gasteiger partial charge >= 0.3 is 0 Å². The second kappa shape index (κ2) is 4.23. The fourth-order valence-corrected chi connectivity index (χ4v) is 3.91. The predicted octanol–water partition coefficient (Wildman–Crippen LogP) is 4.58. The molecule has 0 saturated heterocycles. The van der Waals surface area contributed by atoms with Crippen LogP contribution in [0.25, 0.3) is 11.1 Å². The molecule has 2 aliphatic rings. The molecule has 2 aliphatic carbocycles. The smallest absolute Gasteiger partial charge is 0.0146 e. The van der Waals surface area contributed by atoms with Crippen LogP contribution in [0.3, 0.4) is 0 Å². The summed E-state index contributed by atoms with van der Waals surface area (Å²) in [5, 5.41) is 0. The van der Waals surface area contributed by atoms with Crippen molar-refractivity contribution >= 4 is 0 Å². The number of rotatable bonds is 0. The van der Waals surface area contributed by atoms with E-state index in [1.54, 1.807) is 16.7 Å². The Labute approximate surface area is 115 Å². The van der Waals surface area contributed by atoms with Gasteiger partial charge in [-0.15, -0.1) is 0 Å². The highest BCUT2D eigenvalue weighted by atomic mass is 14.3. The highest BCUT2D eigenvalue weighted by molar-refractivity contribution is 5.75. The number of hydrogen-bond donors (Lipinski definition) is 0. The molecule has 0 heteroatoms. The van der Waals surface area contributed by atoms with Crippen LogP contribution in [0.15, 0.2) is 36.4 Å². The van der Waals surface area contributed by atoms with E-state index in [2.05, 4.69) is 43.3 Å². The molecule has 0 heterocycles. The molecule has 0 N–H and O–H groups in total. The van der Waals surface area contributed by atoms with E-state index >= 15 is 0 Å². The molecule has 0 saturated carbocycles. The highest BCUT2D eigenvalue weighted by Crippen LogP contribution is 2.39. The zero-order valence-electron chi connectivity index (χ0n) is 11.6. The molecule has 0 amide bonds. The van der Waals surface area contributed by atoms with Crippen LogP contribution in [0, 0.1) is 5.92 Å². The van der Waals surface area contributed by atoms with Crippen molar-refractivity contribution in [3.63, 3.8) is 0 Å². The van der Waals surface area contributed by atoms with Crippen LogP contribution in [0.1, 0.15) is 35.6 Å². The van der Waals surface area contributed by atoms with E-state index in [1.807, 2.05) is 0 Å². The summed E-state index contributed by atoms with van der Waals surface area (Å²) in [5.74, 6) is 0.862. The monoisotopic (exact) mass is 248 g/mol. The molecule has 1 unspecified atom stereocenters. The van der Waals surface area contributed by atoms with Crippen molar-refractivity contribution in [2.75, 3.05) is 0 Å². The summed E-state index contributed by atoms with van der Waals surface area (Å²) < 4.78 is 0. The topological polar surface area (TPSA) is 0 Å². The van der Waals surface area contributed by atoms with Crippen molar-refractivity contribution in [3.8, 4) is 11.1 Å². The maximum atomic E-state index is 2.39. The first-order chi connectivity index (χ1) is 9.33. The number of fused-ring (bicyclic) bond motifs is 5. The molecule has 0 radical (unpaired) electrons. The molecule has 1 atom stereocenters. The SMILES string of the molecule is CC1CCc2c(ccc3c2CCc2ccccc2-3)C1. The molecule has 0 fully saturated rings. The molecule has 2 aromatic carbocycles. The Hall–Kier alpha value is -1.56. The Bertz CT molecular complexity index is 636. The lowest BCUT2D eigenvalue weighted by molar-refractivity contribution is 0.499. The maximum absolute atomic E-state index is 2.39. The zero-order valence-corrected chi connectivity index (χ0v) is 11.6. The third-order valence-electron chi connectivity index (χ3n) is 4.94. The molecule has 19 heavy (non-hydrogen) atoms. The predicted molar refractivity (Wildman–Crippen MR) is 80.5 cm³/mol. The summed E-state index contributed by atoms with van der Waals surface area (Å²) in [6, 6.07) is 13.7. The van der Waals surface area contributed by atoms with Crippen LogP contribution in [0.5, 0.6) is 0 Å². The van der Waals surface area contributed by atoms with Crippen molar-refractivity contribution in [3.05, 3.63) is 58.7 Å². The first kappa shape index (κ1) is 11.3. The van der Waals surface area contributed by atoms with Crippen LogP contribution in [-0.2, 0) is 25.7 Å². The van der Waals surface area contributed by atoms with Crippen molar-refractivity contribution in [1.29, 1.82) is 0 Å². The van der Waals surface area contributed by atoms with Crippen molar-refractivity contribution in [2.24, 2.45) is 5.92 Å². The lowest BCUT2D eigenvalue weighted by atomic mass is 9.76. The lowest BCUT2D eigenvalue weighted by Crippen LogP contribution is -2.16. The molecular weight excluding hydrogens is 228 g/mol. The average molecular weight is 248 g/mol. The molecule has 0 aromatic heterocycles. The van der Waals surface area contributed by atoms with Gasteiger partial charge in [0.25, 0.3) is 0 Å². The summed E-state index contributed by atoms with van der Waals surface area (Å²) >= 11 is 0. The lowest BCUT2D eigenvalue weighted by Gasteiger charge is -2.29. The van der Waals surface area contributed by atoms with E-state index in [0.717, 1.165) is 5.92 Å². The summed E-state index contributed by atoms with van der Waals surface area (Å²) in [5.41, 5.74) is 9.48. The second-order valence-electron chi connectivity index (χ2n) is 6.23. The van der Waals surface area contributed by atoms with Gasteiger partial charge in [-0.1, -0.05) is 43.3 Å². The van der Waals surface area contributed by atoms with Crippen LogP contribution in [0.2, 0.25) is 0 Å². The highest BCUT2D eigenvalue weighted by Gasteiger charge is 2.23. The van der Waals surface area contributed by atoms with Crippen molar-refractivity contribution < 1.29 is 0 Å². The minimum atomic E-state index is 0.862. The standard InChI is InChI=1S/C19H20/c1-13-6-9-17-15(12-13)8-11-18-16-5-3-2-4-14(16)7-10-19(17)18/h2-5,8,11,13H,6-7,9-10,12H2,1H3. The fourth-order valence-electron chi connectivity index (χ4n) is 3.91. The number of benzene rings is 2. The maximum Gasteiger partial charge on any atom is -0.0146 e. The van der Waals surface area contributed by atoms with Gasteiger partial charge < -0.3 is 0 Å². The number of hydrogen-bond acceptors (Lipinski definition) is 0. The Kier molecular flexibility index (Phi) is 2.51. The third kappa shape index (κ3) is 1.74. The molecule has 96 valence electrons. The van der Waals surface area contributed by atoms with Crippen molar-refractivity contribution in [1.82, 2.24) is 0 Å². The molecule has 0 aliphatic heterocycles. The zero-order chi connectivity index (χ0) is 12.8. The minimum Gasteiger partial charge on any atom is -0.0622 e. The summed E-state index contributed by atoms with van der Waals surface area (Å²) in [7, 11) is 0. The largest absolute Gasteiger partial charge is 0.0622 e. The van der Waals surface area contributed by atoms with Gasteiger partial charge in [-0.05, 0) is 71.4 Å². The van der Waals surface area contributed by atoms with Gasteiger partial charge in [0, 0.05) is 0 Å². The molecule has 4 rings (SSSR count). The van der Waals surface area contributed by atoms with Crippen LogP contribution in [0.4, 0.5) is 0 Å².